The Morgan fingerprint density at radius 1 is 1.24 bits per heavy atom. The lowest BCUT2D eigenvalue weighted by molar-refractivity contribution is 0.349. The third-order valence-corrected chi connectivity index (χ3v) is 3.38. The first kappa shape index (κ1) is 14.0. The Morgan fingerprint density at radius 2 is 1.94 bits per heavy atom. The van der Waals surface area contributed by atoms with Crippen LogP contribution in [0.3, 0.4) is 0 Å². The van der Waals surface area contributed by atoms with Crippen LogP contribution in [0.15, 0.2) is 24.3 Å². The quantitative estimate of drug-likeness (QED) is 0.781. The zero-order valence-electron chi connectivity index (χ0n) is 11.5. The molecule has 0 fully saturated rings. The number of nitrogens with one attached hydrogen (secondary N) is 1. The highest BCUT2D eigenvalue weighted by molar-refractivity contribution is 5.32. The Morgan fingerprint density at radius 3 is 2.53 bits per heavy atom. The van der Waals surface area contributed by atoms with Gasteiger partial charge in [0, 0.05) is 12.1 Å². The van der Waals surface area contributed by atoms with Crippen LogP contribution in [0, 0.1) is 11.8 Å². The van der Waals surface area contributed by atoms with Gasteiger partial charge in [0.1, 0.15) is 5.75 Å². The van der Waals surface area contributed by atoms with Crippen molar-refractivity contribution in [2.75, 3.05) is 13.7 Å². The molecule has 0 saturated carbocycles. The minimum absolute atomic E-state index is 0.741. The van der Waals surface area contributed by atoms with Crippen molar-refractivity contribution in [2.24, 2.45) is 11.8 Å². The first-order valence-electron chi connectivity index (χ1n) is 6.51. The smallest absolute Gasteiger partial charge is 0.123 e. The topological polar surface area (TPSA) is 21.3 Å². The summed E-state index contributed by atoms with van der Waals surface area (Å²) in [6.45, 7) is 8.80. The van der Waals surface area contributed by atoms with Crippen molar-refractivity contribution >= 4 is 0 Å². The van der Waals surface area contributed by atoms with Crippen LogP contribution in [0.5, 0.6) is 5.75 Å². The van der Waals surface area contributed by atoms with Crippen molar-refractivity contribution in [3.05, 3.63) is 29.8 Å². The van der Waals surface area contributed by atoms with E-state index in [0.717, 1.165) is 30.7 Å². The highest BCUT2D eigenvalue weighted by atomic mass is 16.5. The molecule has 0 aromatic heterocycles. The van der Waals surface area contributed by atoms with E-state index in [0.29, 0.717) is 0 Å². The molecule has 17 heavy (non-hydrogen) atoms. The van der Waals surface area contributed by atoms with Crippen LogP contribution >= 0.6 is 0 Å². The number of ether oxygens (including phenoxy) is 1. The molecule has 2 nitrogen and oxygen atoms in total. The van der Waals surface area contributed by atoms with Gasteiger partial charge >= 0.3 is 0 Å². The molecule has 0 saturated heterocycles. The molecule has 0 aliphatic heterocycles. The summed E-state index contributed by atoms with van der Waals surface area (Å²) in [6, 6.07) is 8.18. The van der Waals surface area contributed by atoms with Gasteiger partial charge in [-0.25, -0.2) is 0 Å². The summed E-state index contributed by atoms with van der Waals surface area (Å²) in [7, 11) is 1.72. The molecule has 0 radical (unpaired) electrons. The molecule has 0 spiro atoms. The Bertz CT molecular complexity index is 322. The second-order valence-corrected chi connectivity index (χ2v) is 4.86. The fourth-order valence-corrected chi connectivity index (χ4v) is 2.09. The van der Waals surface area contributed by atoms with Crippen LogP contribution in [0.4, 0.5) is 0 Å². The average Bonchev–Trinajstić information content (AvgIpc) is 2.34. The highest BCUT2D eigenvalue weighted by Crippen LogP contribution is 2.18. The van der Waals surface area contributed by atoms with Crippen LogP contribution < -0.4 is 10.1 Å². The SMILES string of the molecule is CCC(CNCc1ccccc1OC)C(C)C. The van der Waals surface area contributed by atoms with Gasteiger partial charge in [-0.05, 0) is 24.4 Å². The van der Waals surface area contributed by atoms with Crippen LogP contribution in [-0.4, -0.2) is 13.7 Å². The highest BCUT2D eigenvalue weighted by Gasteiger charge is 2.10. The van der Waals surface area contributed by atoms with Crippen molar-refractivity contribution < 1.29 is 4.74 Å². The Balaban J connectivity index is 2.45. The molecule has 1 N–H and O–H groups in total. The van der Waals surface area contributed by atoms with E-state index in [9.17, 15) is 0 Å². The molecule has 1 atom stereocenters. The van der Waals surface area contributed by atoms with E-state index in [1.165, 1.54) is 12.0 Å². The summed E-state index contributed by atoms with van der Waals surface area (Å²) in [4.78, 5) is 0. The van der Waals surface area contributed by atoms with E-state index in [1.54, 1.807) is 7.11 Å². The molecule has 0 bridgehead atoms. The summed E-state index contributed by atoms with van der Waals surface area (Å²) < 4.78 is 5.34. The van der Waals surface area contributed by atoms with Gasteiger partial charge < -0.3 is 10.1 Å². The summed E-state index contributed by atoms with van der Waals surface area (Å²) in [6.07, 6.45) is 1.23. The molecule has 0 amide bonds. The molecule has 1 aromatic rings. The molecule has 1 aromatic carbocycles. The molecule has 0 heterocycles. The van der Waals surface area contributed by atoms with E-state index in [4.69, 9.17) is 4.74 Å². The van der Waals surface area contributed by atoms with Gasteiger partial charge in [0.05, 0.1) is 7.11 Å². The van der Waals surface area contributed by atoms with Crippen LogP contribution in [0.1, 0.15) is 32.8 Å². The molecule has 1 unspecified atom stereocenters. The summed E-state index contributed by atoms with van der Waals surface area (Å²) in [5.41, 5.74) is 1.23. The van der Waals surface area contributed by atoms with Gasteiger partial charge in [0.15, 0.2) is 0 Å². The third kappa shape index (κ3) is 4.39. The molecule has 0 aliphatic rings. The molecular weight excluding hydrogens is 210 g/mol. The number of hydrogen-bond donors (Lipinski definition) is 1. The monoisotopic (exact) mass is 235 g/mol. The zero-order valence-corrected chi connectivity index (χ0v) is 11.5. The van der Waals surface area contributed by atoms with Gasteiger partial charge in [-0.1, -0.05) is 45.4 Å². The fraction of sp³-hybridized carbons (Fsp3) is 0.600. The van der Waals surface area contributed by atoms with E-state index >= 15 is 0 Å². The van der Waals surface area contributed by atoms with E-state index in [-0.39, 0.29) is 0 Å². The third-order valence-electron chi connectivity index (χ3n) is 3.38. The molecular formula is C15H25NO. The van der Waals surface area contributed by atoms with Crippen molar-refractivity contribution in [1.82, 2.24) is 5.32 Å². The first-order valence-corrected chi connectivity index (χ1v) is 6.51. The number of methoxy groups -OCH3 is 1. The standard InChI is InChI=1S/C15H25NO/c1-5-13(12(2)3)10-16-11-14-8-6-7-9-15(14)17-4/h6-9,12-13,16H,5,10-11H2,1-4H3. The lowest BCUT2D eigenvalue weighted by atomic mass is 9.93. The molecule has 2 heteroatoms. The van der Waals surface area contributed by atoms with Crippen LogP contribution in [0.25, 0.3) is 0 Å². The summed E-state index contributed by atoms with van der Waals surface area (Å²) in [5, 5.41) is 3.53. The van der Waals surface area contributed by atoms with Gasteiger partial charge in [0.2, 0.25) is 0 Å². The maximum Gasteiger partial charge on any atom is 0.123 e. The first-order chi connectivity index (χ1) is 8.19. The van der Waals surface area contributed by atoms with Gasteiger partial charge in [-0.2, -0.15) is 0 Å². The van der Waals surface area contributed by atoms with Crippen LogP contribution in [0.2, 0.25) is 0 Å². The maximum absolute atomic E-state index is 5.34. The number of para-hydroxylation sites is 1. The Labute approximate surface area is 105 Å². The summed E-state index contributed by atoms with van der Waals surface area (Å²) in [5.74, 6) is 2.47. The Hall–Kier alpha value is -1.02. The minimum atomic E-state index is 0.741. The second-order valence-electron chi connectivity index (χ2n) is 4.86. The fourth-order valence-electron chi connectivity index (χ4n) is 2.09. The van der Waals surface area contributed by atoms with Crippen molar-refractivity contribution in [1.29, 1.82) is 0 Å². The van der Waals surface area contributed by atoms with Crippen molar-refractivity contribution in [3.63, 3.8) is 0 Å². The average molecular weight is 235 g/mol. The number of benzene rings is 1. The normalized spacial score (nSPS) is 12.8. The minimum Gasteiger partial charge on any atom is -0.496 e. The van der Waals surface area contributed by atoms with Crippen molar-refractivity contribution in [2.45, 2.75) is 33.7 Å². The lowest BCUT2D eigenvalue weighted by Crippen LogP contribution is -2.25. The van der Waals surface area contributed by atoms with Gasteiger partial charge in [-0.15, -0.1) is 0 Å². The maximum atomic E-state index is 5.34. The van der Waals surface area contributed by atoms with Gasteiger partial charge in [0.25, 0.3) is 0 Å². The molecule has 0 aliphatic carbocycles. The Kier molecular flexibility index (Phi) is 6.06. The predicted molar refractivity (Wildman–Crippen MR) is 73.3 cm³/mol. The predicted octanol–water partition coefficient (Wildman–Crippen LogP) is 3.47. The van der Waals surface area contributed by atoms with Crippen LogP contribution in [-0.2, 0) is 6.54 Å². The number of rotatable bonds is 7. The van der Waals surface area contributed by atoms with E-state index < -0.39 is 0 Å². The van der Waals surface area contributed by atoms with Gasteiger partial charge in [-0.3, -0.25) is 0 Å². The summed E-state index contributed by atoms with van der Waals surface area (Å²) >= 11 is 0. The zero-order chi connectivity index (χ0) is 12.7. The van der Waals surface area contributed by atoms with Crippen molar-refractivity contribution in [3.8, 4) is 5.75 Å². The van der Waals surface area contributed by atoms with E-state index in [2.05, 4.69) is 38.2 Å². The molecule has 1 rings (SSSR count). The largest absolute Gasteiger partial charge is 0.496 e. The lowest BCUT2D eigenvalue weighted by Gasteiger charge is -2.19. The van der Waals surface area contributed by atoms with E-state index in [1.807, 2.05) is 12.1 Å². The molecule has 96 valence electrons. The second kappa shape index (κ2) is 7.33. The number of hydrogen-bond acceptors (Lipinski definition) is 2.